The molecule has 1 aromatic carbocycles. The molecule has 5 nitrogen and oxygen atoms in total. The van der Waals surface area contributed by atoms with Crippen LogP contribution in [-0.2, 0) is 25.5 Å². The second kappa shape index (κ2) is 7.11. The highest BCUT2D eigenvalue weighted by molar-refractivity contribution is 6.42. The molecule has 1 aromatic rings. The van der Waals surface area contributed by atoms with E-state index in [-0.39, 0.29) is 31.4 Å². The van der Waals surface area contributed by atoms with Crippen LogP contribution in [0.5, 0.6) is 0 Å². The molecule has 0 bridgehead atoms. The number of amides is 2. The molecular weight excluding hydrogens is 329 g/mol. The van der Waals surface area contributed by atoms with Crippen molar-refractivity contribution in [3.8, 4) is 0 Å². The predicted molar refractivity (Wildman–Crippen MR) is 81.6 cm³/mol. The van der Waals surface area contributed by atoms with Gasteiger partial charge in [0.1, 0.15) is 6.54 Å². The minimum absolute atomic E-state index is 0.0566. The second-order valence-corrected chi connectivity index (χ2v) is 5.73. The highest BCUT2D eigenvalue weighted by atomic mass is 35.5. The Morgan fingerprint density at radius 3 is 2.77 bits per heavy atom. The molecule has 1 saturated heterocycles. The Morgan fingerprint density at radius 2 is 2.09 bits per heavy atom. The summed E-state index contributed by atoms with van der Waals surface area (Å²) >= 11 is 12.0. The van der Waals surface area contributed by atoms with Gasteiger partial charge < -0.3 is 4.74 Å². The molecule has 0 aromatic heterocycles. The van der Waals surface area contributed by atoms with Crippen molar-refractivity contribution in [2.75, 3.05) is 13.2 Å². The molecule has 1 fully saturated rings. The Hall–Kier alpha value is -1.59. The molecule has 0 aliphatic carbocycles. The predicted octanol–water partition coefficient (Wildman–Crippen LogP) is 2.47. The van der Waals surface area contributed by atoms with Crippen molar-refractivity contribution in [1.29, 1.82) is 0 Å². The standard InChI is InChI=1S/C15H15Cl2NO4/c1-2-22-13(20)8-18-12(19)7-10(15(18)21)6-9-4-3-5-11(16)14(9)17/h3-5,10H,2,6-8H2,1H3. The van der Waals surface area contributed by atoms with Gasteiger partial charge in [-0.25, -0.2) is 0 Å². The molecule has 1 aliphatic heterocycles. The Kier molecular flexibility index (Phi) is 5.42. The number of benzene rings is 1. The van der Waals surface area contributed by atoms with Crippen LogP contribution in [0, 0.1) is 5.92 Å². The number of halogens is 2. The van der Waals surface area contributed by atoms with Crippen molar-refractivity contribution in [2.24, 2.45) is 5.92 Å². The molecule has 1 heterocycles. The SMILES string of the molecule is CCOC(=O)CN1C(=O)CC(Cc2cccc(Cl)c2Cl)C1=O. The fraction of sp³-hybridized carbons (Fsp3) is 0.400. The number of carbonyl (C=O) groups excluding carboxylic acids is 3. The van der Waals surface area contributed by atoms with E-state index in [0.29, 0.717) is 22.0 Å². The summed E-state index contributed by atoms with van der Waals surface area (Å²) in [4.78, 5) is 36.6. The quantitative estimate of drug-likeness (QED) is 0.608. The molecule has 0 saturated carbocycles. The maximum absolute atomic E-state index is 12.3. The lowest BCUT2D eigenvalue weighted by molar-refractivity contribution is -0.152. The largest absolute Gasteiger partial charge is 0.465 e. The second-order valence-electron chi connectivity index (χ2n) is 4.94. The summed E-state index contributed by atoms with van der Waals surface area (Å²) in [6, 6.07) is 5.16. The van der Waals surface area contributed by atoms with Gasteiger partial charge in [-0.15, -0.1) is 0 Å². The number of nitrogens with zero attached hydrogens (tertiary/aromatic N) is 1. The van der Waals surface area contributed by atoms with Gasteiger partial charge in [0, 0.05) is 6.42 Å². The molecule has 0 radical (unpaired) electrons. The number of hydrogen-bond donors (Lipinski definition) is 0. The fourth-order valence-corrected chi connectivity index (χ4v) is 2.78. The van der Waals surface area contributed by atoms with Gasteiger partial charge in [0.25, 0.3) is 0 Å². The zero-order chi connectivity index (χ0) is 16.3. The van der Waals surface area contributed by atoms with Crippen LogP contribution in [-0.4, -0.2) is 35.8 Å². The first-order valence-electron chi connectivity index (χ1n) is 6.86. The lowest BCUT2D eigenvalue weighted by Gasteiger charge is -2.14. The summed E-state index contributed by atoms with van der Waals surface area (Å²) in [5.74, 6) is -1.88. The average molecular weight is 344 g/mol. The van der Waals surface area contributed by atoms with Crippen molar-refractivity contribution < 1.29 is 19.1 Å². The summed E-state index contributed by atoms with van der Waals surface area (Å²) in [7, 11) is 0. The van der Waals surface area contributed by atoms with Crippen molar-refractivity contribution >= 4 is 41.0 Å². The normalized spacial score (nSPS) is 18.0. The number of esters is 1. The summed E-state index contributed by atoms with van der Waals surface area (Å²) in [5, 5.41) is 0.785. The highest BCUT2D eigenvalue weighted by Crippen LogP contribution is 2.30. The third-order valence-corrected chi connectivity index (χ3v) is 4.29. The van der Waals surface area contributed by atoms with E-state index in [1.54, 1.807) is 25.1 Å². The topological polar surface area (TPSA) is 63.7 Å². The summed E-state index contributed by atoms with van der Waals surface area (Å²) in [6.07, 6.45) is 0.365. The summed E-state index contributed by atoms with van der Waals surface area (Å²) in [6.45, 7) is 1.53. The van der Waals surface area contributed by atoms with Gasteiger partial charge in [-0.1, -0.05) is 35.3 Å². The van der Waals surface area contributed by atoms with E-state index >= 15 is 0 Å². The first-order chi connectivity index (χ1) is 10.4. The van der Waals surface area contributed by atoms with E-state index in [1.807, 2.05) is 0 Å². The van der Waals surface area contributed by atoms with E-state index in [1.165, 1.54) is 0 Å². The number of likely N-dealkylation sites (tertiary alicyclic amines) is 1. The average Bonchev–Trinajstić information content (AvgIpc) is 2.72. The van der Waals surface area contributed by atoms with Crippen LogP contribution in [0.15, 0.2) is 18.2 Å². The lowest BCUT2D eigenvalue weighted by atomic mass is 9.98. The molecule has 0 spiro atoms. The monoisotopic (exact) mass is 343 g/mol. The molecule has 0 N–H and O–H groups in total. The number of hydrogen-bond acceptors (Lipinski definition) is 4. The molecule has 22 heavy (non-hydrogen) atoms. The lowest BCUT2D eigenvalue weighted by Crippen LogP contribution is -2.36. The molecular formula is C15H15Cl2NO4. The molecule has 1 aliphatic rings. The number of rotatable bonds is 5. The minimum atomic E-state index is -0.592. The van der Waals surface area contributed by atoms with Crippen LogP contribution in [0.1, 0.15) is 18.9 Å². The summed E-state index contributed by atoms with van der Waals surface area (Å²) in [5.41, 5.74) is 0.707. The molecule has 2 amide bonds. The van der Waals surface area contributed by atoms with Crippen LogP contribution < -0.4 is 0 Å². The van der Waals surface area contributed by atoms with E-state index < -0.39 is 11.9 Å². The van der Waals surface area contributed by atoms with Crippen molar-refractivity contribution in [2.45, 2.75) is 19.8 Å². The van der Waals surface area contributed by atoms with Gasteiger partial charge >= 0.3 is 5.97 Å². The van der Waals surface area contributed by atoms with Gasteiger partial charge in [0.15, 0.2) is 0 Å². The van der Waals surface area contributed by atoms with Gasteiger partial charge in [-0.05, 0) is 25.0 Å². The van der Waals surface area contributed by atoms with Crippen LogP contribution in [0.3, 0.4) is 0 Å². The van der Waals surface area contributed by atoms with Gasteiger partial charge in [-0.2, -0.15) is 0 Å². The maximum Gasteiger partial charge on any atom is 0.326 e. The van der Waals surface area contributed by atoms with E-state index in [4.69, 9.17) is 27.9 Å². The van der Waals surface area contributed by atoms with Crippen LogP contribution in [0.4, 0.5) is 0 Å². The van der Waals surface area contributed by atoms with Crippen LogP contribution in [0.2, 0.25) is 10.0 Å². The molecule has 118 valence electrons. The number of carbonyl (C=O) groups is 3. The van der Waals surface area contributed by atoms with Gasteiger partial charge in [-0.3, -0.25) is 19.3 Å². The Morgan fingerprint density at radius 1 is 1.36 bits per heavy atom. The van der Waals surface area contributed by atoms with Crippen molar-refractivity contribution in [3.63, 3.8) is 0 Å². The Bertz CT molecular complexity index is 618. The van der Waals surface area contributed by atoms with Crippen molar-refractivity contribution in [3.05, 3.63) is 33.8 Å². The first-order valence-corrected chi connectivity index (χ1v) is 7.62. The third kappa shape index (κ3) is 3.59. The van der Waals surface area contributed by atoms with Crippen molar-refractivity contribution in [1.82, 2.24) is 4.90 Å². The number of imide groups is 1. The zero-order valence-corrected chi connectivity index (χ0v) is 13.5. The van der Waals surface area contributed by atoms with Gasteiger partial charge in [0.05, 0.1) is 22.6 Å². The third-order valence-electron chi connectivity index (χ3n) is 3.43. The Labute approximate surface area is 138 Å². The zero-order valence-electron chi connectivity index (χ0n) is 12.0. The highest BCUT2D eigenvalue weighted by Gasteiger charge is 2.39. The molecule has 2 rings (SSSR count). The van der Waals surface area contributed by atoms with Crippen LogP contribution >= 0.6 is 23.2 Å². The maximum atomic E-state index is 12.3. The Balaban J connectivity index is 2.08. The van der Waals surface area contributed by atoms with Crippen LogP contribution in [0.25, 0.3) is 0 Å². The van der Waals surface area contributed by atoms with E-state index in [2.05, 4.69) is 0 Å². The van der Waals surface area contributed by atoms with E-state index in [0.717, 1.165) is 4.90 Å². The minimum Gasteiger partial charge on any atom is -0.465 e. The fourth-order valence-electron chi connectivity index (χ4n) is 2.38. The smallest absolute Gasteiger partial charge is 0.326 e. The van der Waals surface area contributed by atoms with E-state index in [9.17, 15) is 14.4 Å². The number of ether oxygens (including phenoxy) is 1. The molecule has 1 atom stereocenters. The van der Waals surface area contributed by atoms with Gasteiger partial charge in [0.2, 0.25) is 11.8 Å². The molecule has 1 unspecified atom stereocenters. The molecule has 7 heteroatoms. The summed E-state index contributed by atoms with van der Waals surface area (Å²) < 4.78 is 4.77. The first kappa shape index (κ1) is 16.8.